The van der Waals surface area contributed by atoms with Crippen LogP contribution in [0, 0.1) is 5.82 Å². The molecule has 2 rings (SSSR count). The minimum Gasteiger partial charge on any atom is -0.453 e. The molecule has 7 heteroatoms. The lowest BCUT2D eigenvalue weighted by Crippen LogP contribution is -2.05. The van der Waals surface area contributed by atoms with Gasteiger partial charge in [-0.2, -0.15) is 8.78 Å². The van der Waals surface area contributed by atoms with Gasteiger partial charge in [-0.25, -0.2) is 4.39 Å². The quantitative estimate of drug-likeness (QED) is 0.867. The van der Waals surface area contributed by atoms with E-state index in [9.17, 15) is 13.2 Å². The van der Waals surface area contributed by atoms with Gasteiger partial charge in [0.05, 0.1) is 11.9 Å². The number of aromatic nitrogens is 1. The number of alkyl halides is 2. The van der Waals surface area contributed by atoms with Crippen LogP contribution in [0.1, 0.15) is 0 Å². The Morgan fingerprint density at radius 2 is 2.00 bits per heavy atom. The minimum absolute atomic E-state index is 0.00468. The summed E-state index contributed by atoms with van der Waals surface area (Å²) in [4.78, 5) is 3.81. The molecule has 0 radical (unpaired) electrons. The van der Waals surface area contributed by atoms with Gasteiger partial charge in [0, 0.05) is 18.3 Å². The predicted molar refractivity (Wildman–Crippen MR) is 61.8 cm³/mol. The normalized spacial score (nSPS) is 10.5. The molecule has 1 aromatic heterocycles. The Balaban J connectivity index is 2.29. The molecule has 0 fully saturated rings. The Hall–Kier alpha value is -2.44. The molecule has 2 N–H and O–H groups in total. The van der Waals surface area contributed by atoms with Crippen molar-refractivity contribution in [2.45, 2.75) is 6.61 Å². The van der Waals surface area contributed by atoms with Crippen LogP contribution >= 0.6 is 0 Å². The third kappa shape index (κ3) is 3.27. The van der Waals surface area contributed by atoms with E-state index in [0.29, 0.717) is 5.75 Å². The summed E-state index contributed by atoms with van der Waals surface area (Å²) in [6.07, 6.45) is 2.93. The van der Waals surface area contributed by atoms with Gasteiger partial charge in [-0.1, -0.05) is 0 Å². The molecule has 0 unspecified atom stereocenters. The van der Waals surface area contributed by atoms with Crippen LogP contribution in [0.2, 0.25) is 0 Å². The summed E-state index contributed by atoms with van der Waals surface area (Å²) in [5.74, 6) is -1.28. The number of ether oxygens (including phenoxy) is 2. The average molecular weight is 270 g/mol. The highest BCUT2D eigenvalue weighted by Gasteiger charge is 2.14. The van der Waals surface area contributed by atoms with Crippen LogP contribution in [0.25, 0.3) is 0 Å². The Morgan fingerprint density at radius 1 is 1.21 bits per heavy atom. The van der Waals surface area contributed by atoms with Gasteiger partial charge in [-0.3, -0.25) is 4.98 Å². The van der Waals surface area contributed by atoms with E-state index in [4.69, 9.17) is 10.5 Å². The second-order valence-corrected chi connectivity index (χ2v) is 3.49. The number of halogens is 3. The van der Waals surface area contributed by atoms with Gasteiger partial charge >= 0.3 is 6.61 Å². The zero-order valence-electron chi connectivity index (χ0n) is 9.52. The molecular formula is C12H9F3N2O2. The van der Waals surface area contributed by atoms with Gasteiger partial charge in [0.25, 0.3) is 0 Å². The molecule has 19 heavy (non-hydrogen) atoms. The number of rotatable bonds is 4. The Bertz CT molecular complexity index is 564. The van der Waals surface area contributed by atoms with Crippen molar-refractivity contribution < 1.29 is 22.6 Å². The van der Waals surface area contributed by atoms with Gasteiger partial charge in [-0.05, 0) is 12.1 Å². The van der Waals surface area contributed by atoms with E-state index in [2.05, 4.69) is 9.72 Å². The van der Waals surface area contributed by atoms with Gasteiger partial charge in [-0.15, -0.1) is 0 Å². The monoisotopic (exact) mass is 270 g/mol. The first-order valence-electron chi connectivity index (χ1n) is 5.18. The first-order valence-corrected chi connectivity index (χ1v) is 5.18. The van der Waals surface area contributed by atoms with Crippen molar-refractivity contribution in [2.75, 3.05) is 5.73 Å². The van der Waals surface area contributed by atoms with Gasteiger partial charge in [0.15, 0.2) is 17.3 Å². The number of nitrogens with zero attached hydrogens (tertiary/aromatic N) is 1. The first kappa shape index (κ1) is 13.0. The molecule has 4 nitrogen and oxygen atoms in total. The highest BCUT2D eigenvalue weighted by atomic mass is 19.3. The molecule has 0 aliphatic heterocycles. The molecule has 100 valence electrons. The van der Waals surface area contributed by atoms with Crippen LogP contribution in [0.4, 0.5) is 18.9 Å². The zero-order chi connectivity index (χ0) is 13.8. The first-order chi connectivity index (χ1) is 9.06. The van der Waals surface area contributed by atoms with E-state index in [0.717, 1.165) is 12.1 Å². The lowest BCUT2D eigenvalue weighted by Gasteiger charge is -2.11. The van der Waals surface area contributed by atoms with Crippen LogP contribution in [0.3, 0.4) is 0 Å². The fourth-order valence-electron chi connectivity index (χ4n) is 1.36. The number of hydrogen-bond acceptors (Lipinski definition) is 4. The van der Waals surface area contributed by atoms with Crippen LogP contribution < -0.4 is 15.2 Å². The van der Waals surface area contributed by atoms with Gasteiger partial charge < -0.3 is 15.2 Å². The van der Waals surface area contributed by atoms with Crippen molar-refractivity contribution in [3.05, 3.63) is 42.5 Å². The van der Waals surface area contributed by atoms with E-state index in [1.807, 2.05) is 0 Å². The molecular weight excluding hydrogens is 261 g/mol. The second kappa shape index (κ2) is 5.47. The zero-order valence-corrected chi connectivity index (χ0v) is 9.52. The summed E-state index contributed by atoms with van der Waals surface area (Å²) >= 11 is 0. The predicted octanol–water partition coefficient (Wildman–Crippen LogP) is 3.20. The lowest BCUT2D eigenvalue weighted by molar-refractivity contribution is -0.0522. The minimum atomic E-state index is -3.13. The number of benzene rings is 1. The molecule has 0 spiro atoms. The molecule has 2 aromatic rings. The topological polar surface area (TPSA) is 57.4 Å². The maximum absolute atomic E-state index is 13.3. The summed E-state index contributed by atoms with van der Waals surface area (Å²) in [6, 6.07) is 5.02. The summed E-state index contributed by atoms with van der Waals surface area (Å²) in [7, 11) is 0. The summed E-state index contributed by atoms with van der Waals surface area (Å²) in [6.45, 7) is -3.13. The number of anilines is 1. The standard InChI is InChI=1S/C12H9F3N2O2/c13-8-4-9(16)11(5-10(8)19-12(14)15)18-7-2-1-3-17-6-7/h1-6,12H,16H2. The number of nitrogens with two attached hydrogens (primary N) is 1. The maximum Gasteiger partial charge on any atom is 0.387 e. The van der Waals surface area contributed by atoms with Crippen molar-refractivity contribution in [2.24, 2.45) is 0 Å². The lowest BCUT2D eigenvalue weighted by atomic mass is 10.2. The highest BCUT2D eigenvalue weighted by Crippen LogP contribution is 2.33. The van der Waals surface area contributed by atoms with E-state index < -0.39 is 18.2 Å². The number of pyridine rings is 1. The molecule has 0 aliphatic rings. The molecule has 0 amide bonds. The largest absolute Gasteiger partial charge is 0.453 e. The van der Waals surface area contributed by atoms with E-state index in [-0.39, 0.29) is 11.4 Å². The molecule has 0 saturated carbocycles. The van der Waals surface area contributed by atoms with Gasteiger partial charge in [0.1, 0.15) is 5.75 Å². The van der Waals surface area contributed by atoms with Crippen molar-refractivity contribution >= 4 is 5.69 Å². The van der Waals surface area contributed by atoms with E-state index >= 15 is 0 Å². The van der Waals surface area contributed by atoms with Gasteiger partial charge in [0.2, 0.25) is 0 Å². The van der Waals surface area contributed by atoms with Crippen LogP contribution in [0.5, 0.6) is 17.2 Å². The third-order valence-electron chi connectivity index (χ3n) is 2.14. The highest BCUT2D eigenvalue weighted by molar-refractivity contribution is 5.57. The Morgan fingerprint density at radius 3 is 2.63 bits per heavy atom. The number of hydrogen-bond donors (Lipinski definition) is 1. The van der Waals surface area contributed by atoms with E-state index in [1.165, 1.54) is 12.4 Å². The SMILES string of the molecule is Nc1cc(F)c(OC(F)F)cc1Oc1cccnc1. The van der Waals surface area contributed by atoms with Crippen molar-refractivity contribution in [1.82, 2.24) is 4.98 Å². The maximum atomic E-state index is 13.3. The molecule has 0 aliphatic carbocycles. The fourth-order valence-corrected chi connectivity index (χ4v) is 1.36. The fraction of sp³-hybridized carbons (Fsp3) is 0.0833. The molecule has 1 aromatic carbocycles. The Labute approximate surface area is 106 Å². The number of nitrogen functional groups attached to an aromatic ring is 1. The molecule has 1 heterocycles. The van der Waals surface area contributed by atoms with Crippen molar-refractivity contribution in [3.8, 4) is 17.2 Å². The van der Waals surface area contributed by atoms with Crippen molar-refractivity contribution in [1.29, 1.82) is 0 Å². The second-order valence-electron chi connectivity index (χ2n) is 3.49. The Kier molecular flexibility index (Phi) is 3.74. The van der Waals surface area contributed by atoms with Crippen LogP contribution in [0.15, 0.2) is 36.7 Å². The van der Waals surface area contributed by atoms with Crippen molar-refractivity contribution in [3.63, 3.8) is 0 Å². The molecule has 0 bridgehead atoms. The van der Waals surface area contributed by atoms with E-state index in [1.54, 1.807) is 12.1 Å². The van der Waals surface area contributed by atoms with Crippen LogP contribution in [-0.2, 0) is 0 Å². The summed E-state index contributed by atoms with van der Waals surface area (Å²) in [5, 5.41) is 0. The average Bonchev–Trinajstić information content (AvgIpc) is 2.36. The summed E-state index contributed by atoms with van der Waals surface area (Å²) in [5.41, 5.74) is 5.50. The smallest absolute Gasteiger partial charge is 0.387 e. The molecule has 0 atom stereocenters. The summed E-state index contributed by atoms with van der Waals surface area (Å²) < 4.78 is 46.8. The third-order valence-corrected chi connectivity index (χ3v) is 2.14. The molecule has 0 saturated heterocycles. The van der Waals surface area contributed by atoms with Crippen LogP contribution in [-0.4, -0.2) is 11.6 Å².